The van der Waals surface area contributed by atoms with Crippen LogP contribution < -0.4 is 0 Å². The van der Waals surface area contributed by atoms with Crippen molar-refractivity contribution in [1.29, 1.82) is 0 Å². The Labute approximate surface area is 178 Å². The molecule has 1 amide bonds. The van der Waals surface area contributed by atoms with Crippen molar-refractivity contribution in [2.75, 3.05) is 13.7 Å². The number of aromatic hydroxyl groups is 1. The average molecular weight is 408 g/mol. The normalized spacial score (nSPS) is 22.7. The molecular weight excluding hydrogens is 378 g/mol. The molecule has 2 aromatic rings. The van der Waals surface area contributed by atoms with Gasteiger partial charge in [0.15, 0.2) is 0 Å². The highest BCUT2D eigenvalue weighted by Gasteiger charge is 2.41. The summed E-state index contributed by atoms with van der Waals surface area (Å²) in [4.78, 5) is 27.6. The first-order chi connectivity index (χ1) is 14.3. The van der Waals surface area contributed by atoms with Gasteiger partial charge >= 0.3 is 5.97 Å². The predicted octanol–water partition coefficient (Wildman–Crippen LogP) is 4.73. The minimum atomic E-state index is -0.541. The number of amides is 1. The van der Waals surface area contributed by atoms with Gasteiger partial charge in [-0.1, -0.05) is 57.7 Å². The smallest absolute Gasteiger partial charge is 0.339 e. The first kappa shape index (κ1) is 21.6. The first-order valence-corrected chi connectivity index (χ1v) is 10.3. The fraction of sp³-hybridized carbons (Fsp3) is 0.360. The number of phenolic OH excluding ortho intramolecular Hbond substituents is 1. The number of benzene rings is 2. The van der Waals surface area contributed by atoms with Crippen LogP contribution in [0.2, 0.25) is 0 Å². The Hall–Kier alpha value is -3.08. The maximum atomic E-state index is 13.5. The van der Waals surface area contributed by atoms with Crippen molar-refractivity contribution in [3.8, 4) is 5.75 Å². The van der Waals surface area contributed by atoms with Crippen LogP contribution in [0.15, 0.2) is 55.1 Å². The molecule has 4 unspecified atom stereocenters. The summed E-state index contributed by atoms with van der Waals surface area (Å²) in [7, 11) is 1.78. The number of ether oxygens (including phenoxy) is 1. The molecule has 0 bridgehead atoms. The van der Waals surface area contributed by atoms with Crippen LogP contribution in [0.1, 0.15) is 64.4 Å². The van der Waals surface area contributed by atoms with Crippen molar-refractivity contribution in [1.82, 2.24) is 4.90 Å². The zero-order valence-corrected chi connectivity index (χ0v) is 18.0. The minimum absolute atomic E-state index is 0.0344. The Kier molecular flexibility index (Phi) is 6.30. The summed E-state index contributed by atoms with van der Waals surface area (Å²) in [5.74, 6) is -0.213. The zero-order chi connectivity index (χ0) is 22.0. The molecule has 0 heterocycles. The van der Waals surface area contributed by atoms with Crippen molar-refractivity contribution in [3.05, 3.63) is 77.4 Å². The van der Waals surface area contributed by atoms with Crippen molar-refractivity contribution in [3.63, 3.8) is 0 Å². The third-order valence-electron chi connectivity index (χ3n) is 6.38. The van der Waals surface area contributed by atoms with E-state index in [2.05, 4.69) is 27.4 Å². The van der Waals surface area contributed by atoms with E-state index in [1.54, 1.807) is 42.3 Å². The van der Waals surface area contributed by atoms with Gasteiger partial charge in [0.25, 0.3) is 5.91 Å². The number of phenols is 1. The van der Waals surface area contributed by atoms with Crippen LogP contribution in [-0.4, -0.2) is 41.6 Å². The molecule has 5 nitrogen and oxygen atoms in total. The van der Waals surface area contributed by atoms with E-state index in [-0.39, 0.29) is 41.9 Å². The summed E-state index contributed by atoms with van der Waals surface area (Å²) < 4.78 is 5.16. The van der Waals surface area contributed by atoms with Gasteiger partial charge in [-0.25, -0.2) is 4.79 Å². The molecule has 0 saturated heterocycles. The van der Waals surface area contributed by atoms with Crippen LogP contribution in [0, 0.1) is 5.92 Å². The van der Waals surface area contributed by atoms with Gasteiger partial charge in [-0.2, -0.15) is 0 Å². The summed E-state index contributed by atoms with van der Waals surface area (Å²) in [5.41, 5.74) is 2.59. The van der Waals surface area contributed by atoms with E-state index in [1.165, 1.54) is 6.08 Å². The Bertz CT molecular complexity index is 967. The monoisotopic (exact) mass is 407 g/mol. The molecule has 0 aromatic heterocycles. The Morgan fingerprint density at radius 3 is 2.40 bits per heavy atom. The fourth-order valence-electron chi connectivity index (χ4n) is 4.74. The third kappa shape index (κ3) is 3.72. The summed E-state index contributed by atoms with van der Waals surface area (Å²) in [5, 5.41) is 10.4. The van der Waals surface area contributed by atoms with Crippen LogP contribution in [0.25, 0.3) is 0 Å². The highest BCUT2D eigenvalue weighted by atomic mass is 16.5. The zero-order valence-electron chi connectivity index (χ0n) is 18.0. The molecule has 30 heavy (non-hydrogen) atoms. The SMILES string of the molecule is C=CCOC(=O)c1ccccc1C(=O)N(C)C1C(C)c2cccc(O)c2C(C)C1C. The van der Waals surface area contributed by atoms with Crippen molar-refractivity contribution in [2.24, 2.45) is 5.92 Å². The molecule has 3 rings (SSSR count). The van der Waals surface area contributed by atoms with Gasteiger partial charge in [0.05, 0.1) is 11.1 Å². The van der Waals surface area contributed by atoms with Gasteiger partial charge in [-0.15, -0.1) is 0 Å². The quantitative estimate of drug-likeness (QED) is 0.575. The first-order valence-electron chi connectivity index (χ1n) is 10.3. The molecule has 1 N–H and O–H groups in total. The number of hydrogen-bond donors (Lipinski definition) is 1. The van der Waals surface area contributed by atoms with Crippen LogP contribution in [0.3, 0.4) is 0 Å². The van der Waals surface area contributed by atoms with Crippen molar-refractivity contribution in [2.45, 2.75) is 38.6 Å². The molecule has 158 valence electrons. The van der Waals surface area contributed by atoms with Crippen LogP contribution in [0.4, 0.5) is 0 Å². The Balaban J connectivity index is 1.96. The highest BCUT2D eigenvalue weighted by Crippen LogP contribution is 2.47. The molecule has 1 aliphatic carbocycles. The number of hydrogen-bond acceptors (Lipinski definition) is 4. The van der Waals surface area contributed by atoms with Crippen LogP contribution in [-0.2, 0) is 4.74 Å². The second kappa shape index (κ2) is 8.74. The third-order valence-corrected chi connectivity index (χ3v) is 6.38. The van der Waals surface area contributed by atoms with Gasteiger partial charge in [0.1, 0.15) is 12.4 Å². The minimum Gasteiger partial charge on any atom is -0.508 e. The molecule has 0 spiro atoms. The van der Waals surface area contributed by atoms with E-state index >= 15 is 0 Å². The number of fused-ring (bicyclic) bond motifs is 1. The lowest BCUT2D eigenvalue weighted by atomic mass is 9.68. The number of carbonyl (C=O) groups is 2. The van der Waals surface area contributed by atoms with Gasteiger partial charge in [-0.05, 0) is 35.6 Å². The van der Waals surface area contributed by atoms with E-state index in [0.29, 0.717) is 11.3 Å². The van der Waals surface area contributed by atoms with E-state index in [4.69, 9.17) is 4.74 Å². The van der Waals surface area contributed by atoms with Gasteiger partial charge in [-0.3, -0.25) is 4.79 Å². The van der Waals surface area contributed by atoms with Crippen molar-refractivity contribution < 1.29 is 19.4 Å². The van der Waals surface area contributed by atoms with E-state index in [9.17, 15) is 14.7 Å². The van der Waals surface area contributed by atoms with Gasteiger partial charge < -0.3 is 14.7 Å². The number of likely N-dealkylation sites (N-methyl/N-ethyl adjacent to an activating group) is 1. The van der Waals surface area contributed by atoms with Gasteiger partial charge in [0, 0.05) is 24.6 Å². The second-order valence-corrected chi connectivity index (χ2v) is 8.06. The number of esters is 1. The Morgan fingerprint density at radius 2 is 1.73 bits per heavy atom. The summed E-state index contributed by atoms with van der Waals surface area (Å²) >= 11 is 0. The molecule has 0 radical (unpaired) electrons. The lowest BCUT2D eigenvalue weighted by molar-refractivity contribution is 0.0529. The van der Waals surface area contributed by atoms with Crippen LogP contribution in [0.5, 0.6) is 5.75 Å². The largest absolute Gasteiger partial charge is 0.508 e. The molecular formula is C25H29NO4. The number of rotatable bonds is 5. The standard InChI is InChI=1S/C25H29NO4/c1-6-14-30-25(29)20-11-8-7-10-19(20)24(28)26(5)23-16(3)15(2)22-18(17(23)4)12-9-13-21(22)27/h6-13,15-17,23,27H,1,14H2,2-5H3. The number of carbonyl (C=O) groups excluding carboxylic acids is 2. The maximum absolute atomic E-state index is 13.5. The highest BCUT2D eigenvalue weighted by molar-refractivity contribution is 6.05. The molecule has 0 fully saturated rings. The average Bonchev–Trinajstić information content (AvgIpc) is 2.75. The van der Waals surface area contributed by atoms with E-state index in [0.717, 1.165) is 11.1 Å². The lowest BCUT2D eigenvalue weighted by Gasteiger charge is -2.45. The Morgan fingerprint density at radius 1 is 1.07 bits per heavy atom. The van der Waals surface area contributed by atoms with Crippen molar-refractivity contribution >= 4 is 11.9 Å². The van der Waals surface area contributed by atoms with E-state index < -0.39 is 5.97 Å². The molecule has 4 atom stereocenters. The molecule has 0 saturated carbocycles. The maximum Gasteiger partial charge on any atom is 0.339 e. The molecule has 0 aliphatic heterocycles. The summed E-state index contributed by atoms with van der Waals surface area (Å²) in [6.07, 6.45) is 1.49. The van der Waals surface area contributed by atoms with Crippen LogP contribution >= 0.6 is 0 Å². The number of nitrogens with zero attached hydrogens (tertiary/aromatic N) is 1. The summed E-state index contributed by atoms with van der Waals surface area (Å²) in [6, 6.07) is 12.2. The molecule has 1 aliphatic rings. The lowest BCUT2D eigenvalue weighted by Crippen LogP contribution is -2.48. The predicted molar refractivity (Wildman–Crippen MR) is 117 cm³/mol. The molecule has 5 heteroatoms. The second-order valence-electron chi connectivity index (χ2n) is 8.06. The fourth-order valence-corrected chi connectivity index (χ4v) is 4.74. The molecule has 2 aromatic carbocycles. The summed E-state index contributed by atoms with van der Waals surface area (Å²) in [6.45, 7) is 9.91. The van der Waals surface area contributed by atoms with E-state index in [1.807, 2.05) is 12.1 Å². The topological polar surface area (TPSA) is 66.8 Å². The van der Waals surface area contributed by atoms with Gasteiger partial charge in [0.2, 0.25) is 0 Å².